The van der Waals surface area contributed by atoms with Crippen molar-refractivity contribution in [2.45, 2.75) is 31.3 Å². The summed E-state index contributed by atoms with van der Waals surface area (Å²) in [5.74, 6) is -1.19. The number of carboxylic acid groups (broad SMARTS) is 1. The fraction of sp³-hybridized carbons (Fsp3) is 0.562. The second-order valence-corrected chi connectivity index (χ2v) is 7.34. The van der Waals surface area contributed by atoms with Crippen molar-refractivity contribution < 1.29 is 27.8 Å². The van der Waals surface area contributed by atoms with E-state index in [1.807, 2.05) is 13.8 Å². The molecule has 0 saturated heterocycles. The van der Waals surface area contributed by atoms with Gasteiger partial charge in [0.15, 0.2) is 0 Å². The van der Waals surface area contributed by atoms with Gasteiger partial charge >= 0.3 is 5.97 Å². The number of nitrogens with one attached hydrogen (secondary N) is 2. The minimum atomic E-state index is -3.86. The molecule has 9 heteroatoms. The van der Waals surface area contributed by atoms with E-state index in [4.69, 9.17) is 14.6 Å². The third-order valence-corrected chi connectivity index (χ3v) is 4.71. The van der Waals surface area contributed by atoms with E-state index in [0.29, 0.717) is 31.9 Å². The molecule has 0 aliphatic heterocycles. The first-order valence-electron chi connectivity index (χ1n) is 7.99. The van der Waals surface area contributed by atoms with Gasteiger partial charge in [0.2, 0.25) is 10.0 Å². The fourth-order valence-corrected chi connectivity index (χ4v) is 3.27. The molecule has 142 valence electrons. The second-order valence-electron chi connectivity index (χ2n) is 5.61. The summed E-state index contributed by atoms with van der Waals surface area (Å²) in [6.07, 6.45) is 0.600. The molecule has 8 nitrogen and oxygen atoms in total. The van der Waals surface area contributed by atoms with Gasteiger partial charge in [0.1, 0.15) is 4.90 Å². The number of methoxy groups -OCH3 is 1. The lowest BCUT2D eigenvalue weighted by molar-refractivity contribution is 0.0696. The predicted molar refractivity (Wildman–Crippen MR) is 94.7 cm³/mol. The fourth-order valence-electron chi connectivity index (χ4n) is 1.99. The van der Waals surface area contributed by atoms with E-state index in [1.165, 1.54) is 19.2 Å². The van der Waals surface area contributed by atoms with E-state index in [0.717, 1.165) is 6.07 Å². The number of carboxylic acids is 1. The predicted octanol–water partition coefficient (Wildman–Crippen LogP) is 1.54. The normalized spacial score (nSPS) is 11.7. The third kappa shape index (κ3) is 7.39. The highest BCUT2D eigenvalue weighted by atomic mass is 32.2. The molecular weight excluding hydrogens is 348 g/mol. The quantitative estimate of drug-likeness (QED) is 0.475. The van der Waals surface area contributed by atoms with Crippen LogP contribution in [-0.4, -0.2) is 59.0 Å². The van der Waals surface area contributed by atoms with Gasteiger partial charge in [0.05, 0.1) is 24.0 Å². The Morgan fingerprint density at radius 3 is 2.56 bits per heavy atom. The van der Waals surface area contributed by atoms with E-state index >= 15 is 0 Å². The number of anilines is 1. The molecule has 0 atom stereocenters. The number of sulfonamides is 1. The molecule has 25 heavy (non-hydrogen) atoms. The minimum Gasteiger partial charge on any atom is -0.478 e. The van der Waals surface area contributed by atoms with Gasteiger partial charge < -0.3 is 19.9 Å². The lowest BCUT2D eigenvalue weighted by Crippen LogP contribution is -2.27. The average molecular weight is 374 g/mol. The Hall–Kier alpha value is -1.68. The van der Waals surface area contributed by atoms with Crippen LogP contribution in [0.5, 0.6) is 0 Å². The molecule has 0 aliphatic rings. The molecule has 1 aromatic carbocycles. The zero-order valence-electron chi connectivity index (χ0n) is 14.7. The Morgan fingerprint density at radius 1 is 1.24 bits per heavy atom. The molecule has 0 heterocycles. The molecule has 1 aromatic rings. The summed E-state index contributed by atoms with van der Waals surface area (Å²) in [6, 6.07) is 3.94. The summed E-state index contributed by atoms with van der Waals surface area (Å²) in [7, 11) is -2.32. The Balaban J connectivity index is 2.88. The summed E-state index contributed by atoms with van der Waals surface area (Å²) in [4.78, 5) is 11.0. The van der Waals surface area contributed by atoms with Gasteiger partial charge in [0.25, 0.3) is 0 Å². The minimum absolute atomic E-state index is 0.0837. The summed E-state index contributed by atoms with van der Waals surface area (Å²) in [6.45, 7) is 5.23. The van der Waals surface area contributed by atoms with Gasteiger partial charge in [-0.05, 0) is 38.5 Å². The van der Waals surface area contributed by atoms with E-state index in [9.17, 15) is 13.2 Å². The molecule has 0 amide bonds. The van der Waals surface area contributed by atoms with Crippen LogP contribution in [0.3, 0.4) is 0 Å². The summed E-state index contributed by atoms with van der Waals surface area (Å²) >= 11 is 0. The van der Waals surface area contributed by atoms with Gasteiger partial charge in [-0.3, -0.25) is 0 Å². The first-order chi connectivity index (χ1) is 11.8. The SMILES string of the molecule is COCCNc1ccc(C(=O)O)cc1S(=O)(=O)NCCCOC(C)C. The molecule has 0 aliphatic carbocycles. The first-order valence-corrected chi connectivity index (χ1v) is 9.47. The first kappa shape index (κ1) is 21.4. The number of aromatic carboxylic acids is 1. The van der Waals surface area contributed by atoms with E-state index < -0.39 is 16.0 Å². The molecule has 0 fully saturated rings. The highest BCUT2D eigenvalue weighted by Gasteiger charge is 2.20. The molecule has 0 radical (unpaired) electrons. The third-order valence-electron chi connectivity index (χ3n) is 3.20. The largest absolute Gasteiger partial charge is 0.478 e. The maximum absolute atomic E-state index is 12.5. The molecule has 0 spiro atoms. The van der Waals surface area contributed by atoms with E-state index in [2.05, 4.69) is 10.0 Å². The Morgan fingerprint density at radius 2 is 1.96 bits per heavy atom. The van der Waals surface area contributed by atoms with Crippen LogP contribution in [0.15, 0.2) is 23.1 Å². The smallest absolute Gasteiger partial charge is 0.335 e. The van der Waals surface area contributed by atoms with Crippen LogP contribution in [0, 0.1) is 0 Å². The highest BCUT2D eigenvalue weighted by Crippen LogP contribution is 2.23. The molecule has 3 N–H and O–H groups in total. The highest BCUT2D eigenvalue weighted by molar-refractivity contribution is 7.89. The van der Waals surface area contributed by atoms with Crippen LogP contribution in [0.25, 0.3) is 0 Å². The van der Waals surface area contributed by atoms with Gasteiger partial charge in [-0.25, -0.2) is 17.9 Å². The zero-order chi connectivity index (χ0) is 18.9. The van der Waals surface area contributed by atoms with Crippen molar-refractivity contribution in [1.82, 2.24) is 4.72 Å². The number of hydrogen-bond donors (Lipinski definition) is 3. The standard InChI is InChI=1S/C16H26N2O6S/c1-12(2)24-9-4-7-18-25(21,22)15-11-13(16(19)20)5-6-14(15)17-8-10-23-3/h5-6,11-12,17-18H,4,7-10H2,1-3H3,(H,19,20). The topological polar surface area (TPSA) is 114 Å². The van der Waals surface area contributed by atoms with Crippen LogP contribution in [0.4, 0.5) is 5.69 Å². The van der Waals surface area contributed by atoms with Crippen molar-refractivity contribution in [2.24, 2.45) is 0 Å². The molecular formula is C16H26N2O6S. The van der Waals surface area contributed by atoms with Crippen molar-refractivity contribution in [2.75, 3.05) is 38.7 Å². The summed E-state index contributed by atoms with van der Waals surface area (Å²) < 4.78 is 37.8. The maximum Gasteiger partial charge on any atom is 0.335 e. The monoisotopic (exact) mass is 374 g/mol. The van der Waals surface area contributed by atoms with E-state index in [-0.39, 0.29) is 23.1 Å². The van der Waals surface area contributed by atoms with Crippen LogP contribution in [-0.2, 0) is 19.5 Å². The molecule has 0 aromatic heterocycles. The molecule has 1 rings (SSSR count). The van der Waals surface area contributed by atoms with Crippen molar-refractivity contribution in [3.8, 4) is 0 Å². The van der Waals surface area contributed by atoms with Gasteiger partial charge in [-0.15, -0.1) is 0 Å². The lowest BCUT2D eigenvalue weighted by atomic mass is 10.2. The number of rotatable bonds is 12. The van der Waals surface area contributed by atoms with Gasteiger partial charge in [0, 0.05) is 26.8 Å². The Labute approximate surface area is 148 Å². The van der Waals surface area contributed by atoms with Crippen molar-refractivity contribution in [1.29, 1.82) is 0 Å². The summed E-state index contributed by atoms with van der Waals surface area (Å²) in [5, 5.41) is 12.0. The maximum atomic E-state index is 12.5. The number of benzene rings is 1. The van der Waals surface area contributed by atoms with Gasteiger partial charge in [-0.2, -0.15) is 0 Å². The number of carbonyl (C=O) groups is 1. The molecule has 0 unspecified atom stereocenters. The van der Waals surface area contributed by atoms with Crippen LogP contribution in [0.2, 0.25) is 0 Å². The van der Waals surface area contributed by atoms with Crippen molar-refractivity contribution >= 4 is 21.7 Å². The summed E-state index contributed by atoms with van der Waals surface area (Å²) in [5.41, 5.74) is 0.230. The Bertz CT molecular complexity index is 661. The molecule has 0 saturated carbocycles. The van der Waals surface area contributed by atoms with Crippen molar-refractivity contribution in [3.05, 3.63) is 23.8 Å². The zero-order valence-corrected chi connectivity index (χ0v) is 15.6. The lowest BCUT2D eigenvalue weighted by Gasteiger charge is -2.14. The van der Waals surface area contributed by atoms with Crippen LogP contribution < -0.4 is 10.0 Å². The Kier molecular flexibility index (Phi) is 8.84. The van der Waals surface area contributed by atoms with Crippen LogP contribution >= 0.6 is 0 Å². The van der Waals surface area contributed by atoms with Crippen molar-refractivity contribution in [3.63, 3.8) is 0 Å². The number of ether oxygens (including phenoxy) is 2. The van der Waals surface area contributed by atoms with Crippen LogP contribution in [0.1, 0.15) is 30.6 Å². The van der Waals surface area contributed by atoms with Gasteiger partial charge in [-0.1, -0.05) is 0 Å². The number of hydrogen-bond acceptors (Lipinski definition) is 6. The average Bonchev–Trinajstić information content (AvgIpc) is 2.54. The second kappa shape index (κ2) is 10.3. The van der Waals surface area contributed by atoms with E-state index in [1.54, 1.807) is 0 Å². The molecule has 0 bridgehead atoms.